The van der Waals surface area contributed by atoms with Crippen molar-refractivity contribution in [1.29, 1.82) is 0 Å². The van der Waals surface area contributed by atoms with Crippen molar-refractivity contribution in [2.24, 2.45) is 17.3 Å². The highest BCUT2D eigenvalue weighted by Crippen LogP contribution is 2.58. The molecule has 1 heterocycles. The Morgan fingerprint density at radius 1 is 1.53 bits per heavy atom. The molecule has 2 fully saturated rings. The van der Waals surface area contributed by atoms with Crippen LogP contribution in [0.1, 0.15) is 37.0 Å². The summed E-state index contributed by atoms with van der Waals surface area (Å²) < 4.78 is 0. The van der Waals surface area contributed by atoms with E-state index in [2.05, 4.69) is 11.4 Å². The van der Waals surface area contributed by atoms with E-state index in [-0.39, 0.29) is 0 Å². The maximum Gasteiger partial charge on any atom is 0.309 e. The van der Waals surface area contributed by atoms with Crippen molar-refractivity contribution in [1.82, 2.24) is 0 Å². The highest BCUT2D eigenvalue weighted by atomic mass is 32.1. The third-order valence-corrected chi connectivity index (χ3v) is 5.74. The largest absolute Gasteiger partial charge is 0.481 e. The van der Waals surface area contributed by atoms with Gasteiger partial charge < -0.3 is 5.11 Å². The van der Waals surface area contributed by atoms with Crippen LogP contribution in [0.5, 0.6) is 0 Å². The molecule has 2 aliphatic carbocycles. The zero-order chi connectivity index (χ0) is 11.9. The topological polar surface area (TPSA) is 37.3 Å². The van der Waals surface area contributed by atoms with Gasteiger partial charge in [-0.3, -0.25) is 4.79 Å². The number of carboxylic acids is 1. The molecule has 2 aliphatic rings. The number of thiophene rings is 1. The van der Waals surface area contributed by atoms with Crippen molar-refractivity contribution < 1.29 is 9.90 Å². The number of rotatable bonds is 4. The summed E-state index contributed by atoms with van der Waals surface area (Å²) in [6.07, 6.45) is 6.27. The van der Waals surface area contributed by atoms with Gasteiger partial charge in [0.15, 0.2) is 0 Å². The fourth-order valence-corrected chi connectivity index (χ4v) is 4.63. The van der Waals surface area contributed by atoms with E-state index in [0.29, 0.717) is 11.8 Å². The minimum absolute atomic E-state index is 0.396. The van der Waals surface area contributed by atoms with Crippen molar-refractivity contribution in [2.75, 3.05) is 0 Å². The van der Waals surface area contributed by atoms with E-state index in [4.69, 9.17) is 0 Å². The van der Waals surface area contributed by atoms with Crippen LogP contribution < -0.4 is 0 Å². The summed E-state index contributed by atoms with van der Waals surface area (Å²) in [4.78, 5) is 13.0. The summed E-state index contributed by atoms with van der Waals surface area (Å²) in [7, 11) is 0. The zero-order valence-electron chi connectivity index (χ0n) is 9.89. The molecule has 3 unspecified atom stereocenters. The molecule has 1 aromatic heterocycles. The van der Waals surface area contributed by atoms with Crippen LogP contribution in [0, 0.1) is 17.3 Å². The van der Waals surface area contributed by atoms with E-state index in [9.17, 15) is 9.90 Å². The third kappa shape index (κ3) is 1.81. The predicted molar refractivity (Wildman–Crippen MR) is 68.2 cm³/mol. The molecule has 92 valence electrons. The molecule has 0 spiro atoms. The van der Waals surface area contributed by atoms with Crippen molar-refractivity contribution in [2.45, 2.75) is 38.5 Å². The zero-order valence-corrected chi connectivity index (χ0v) is 10.7. The van der Waals surface area contributed by atoms with Gasteiger partial charge in [0.2, 0.25) is 0 Å². The lowest BCUT2D eigenvalue weighted by Gasteiger charge is -2.33. The van der Waals surface area contributed by atoms with Crippen molar-refractivity contribution in [3.05, 3.63) is 22.4 Å². The van der Waals surface area contributed by atoms with E-state index in [1.807, 2.05) is 6.07 Å². The summed E-state index contributed by atoms with van der Waals surface area (Å²) in [6, 6.07) is 4.17. The monoisotopic (exact) mass is 250 g/mol. The van der Waals surface area contributed by atoms with Crippen LogP contribution in [0.25, 0.3) is 0 Å². The molecule has 0 radical (unpaired) electrons. The summed E-state index contributed by atoms with van der Waals surface area (Å²) in [5.74, 6) is 0.602. The van der Waals surface area contributed by atoms with Crippen molar-refractivity contribution in [3.8, 4) is 0 Å². The lowest BCUT2D eigenvalue weighted by Crippen LogP contribution is -2.36. The molecule has 1 aromatic rings. The SMILES string of the molecule is O=C(O)C1(CCc2cccs2)CC2CCC1C2. The second-order valence-corrected chi connectivity index (χ2v) is 6.65. The lowest BCUT2D eigenvalue weighted by molar-refractivity contribution is -0.153. The number of aryl methyl sites for hydroxylation is 1. The standard InChI is InChI=1S/C14H18O2S/c15-13(16)14(6-5-12-2-1-7-17-12)9-10-3-4-11(14)8-10/h1-2,7,10-11H,3-6,8-9H2,(H,15,16). The number of carbonyl (C=O) groups is 1. The fraction of sp³-hybridized carbons (Fsp3) is 0.643. The van der Waals surface area contributed by atoms with Gasteiger partial charge in [0.05, 0.1) is 5.41 Å². The lowest BCUT2D eigenvalue weighted by atomic mass is 9.70. The summed E-state index contributed by atoms with van der Waals surface area (Å²) in [6.45, 7) is 0. The molecule has 3 heteroatoms. The van der Waals surface area contributed by atoms with Crippen molar-refractivity contribution in [3.63, 3.8) is 0 Å². The number of aliphatic carboxylic acids is 1. The summed E-state index contributed by atoms with van der Waals surface area (Å²) >= 11 is 1.74. The van der Waals surface area contributed by atoms with Crippen LogP contribution in [0.2, 0.25) is 0 Å². The Morgan fingerprint density at radius 3 is 2.94 bits per heavy atom. The maximum absolute atomic E-state index is 11.7. The quantitative estimate of drug-likeness (QED) is 0.887. The maximum atomic E-state index is 11.7. The molecule has 0 aromatic carbocycles. The van der Waals surface area contributed by atoms with Gasteiger partial charge in [-0.15, -0.1) is 11.3 Å². The molecule has 17 heavy (non-hydrogen) atoms. The van der Waals surface area contributed by atoms with E-state index in [1.165, 1.54) is 11.3 Å². The van der Waals surface area contributed by atoms with Gasteiger partial charge in [0, 0.05) is 4.88 Å². The van der Waals surface area contributed by atoms with Crippen LogP contribution in [0.4, 0.5) is 0 Å². The Hall–Kier alpha value is -0.830. The average molecular weight is 250 g/mol. The molecule has 2 saturated carbocycles. The number of hydrogen-bond acceptors (Lipinski definition) is 2. The van der Waals surface area contributed by atoms with E-state index in [0.717, 1.165) is 32.1 Å². The molecular weight excluding hydrogens is 232 g/mol. The predicted octanol–water partition coefficient (Wildman–Crippen LogP) is 3.57. The smallest absolute Gasteiger partial charge is 0.309 e. The highest BCUT2D eigenvalue weighted by Gasteiger charge is 2.55. The Balaban J connectivity index is 1.75. The number of hydrogen-bond donors (Lipinski definition) is 1. The summed E-state index contributed by atoms with van der Waals surface area (Å²) in [5.41, 5.74) is -0.396. The molecule has 0 aliphatic heterocycles. The van der Waals surface area contributed by atoms with Crippen LogP contribution in [0.15, 0.2) is 17.5 Å². The van der Waals surface area contributed by atoms with Crippen LogP contribution in [-0.2, 0) is 11.2 Å². The molecule has 2 bridgehead atoms. The van der Waals surface area contributed by atoms with Gasteiger partial charge in [-0.05, 0) is 55.4 Å². The molecule has 3 rings (SSSR count). The van der Waals surface area contributed by atoms with Crippen molar-refractivity contribution >= 4 is 17.3 Å². The first-order valence-electron chi connectivity index (χ1n) is 6.46. The fourth-order valence-electron chi connectivity index (χ4n) is 3.92. The van der Waals surface area contributed by atoms with Crippen LogP contribution >= 0.6 is 11.3 Å². The Bertz CT molecular complexity index is 412. The highest BCUT2D eigenvalue weighted by molar-refractivity contribution is 7.09. The van der Waals surface area contributed by atoms with Gasteiger partial charge in [-0.25, -0.2) is 0 Å². The molecule has 0 amide bonds. The average Bonchev–Trinajstić information content (AvgIpc) is 3.02. The van der Waals surface area contributed by atoms with Gasteiger partial charge in [-0.2, -0.15) is 0 Å². The molecular formula is C14H18O2S. The Kier molecular flexibility index (Phi) is 2.74. The molecule has 0 saturated heterocycles. The van der Waals surface area contributed by atoms with Gasteiger partial charge in [0.1, 0.15) is 0 Å². The van der Waals surface area contributed by atoms with Gasteiger partial charge >= 0.3 is 5.97 Å². The van der Waals surface area contributed by atoms with Gasteiger partial charge in [0.25, 0.3) is 0 Å². The Labute approximate surface area is 106 Å². The van der Waals surface area contributed by atoms with E-state index in [1.54, 1.807) is 11.3 Å². The second kappa shape index (κ2) is 4.13. The molecule has 2 nitrogen and oxygen atoms in total. The first kappa shape index (κ1) is 11.3. The first-order valence-corrected chi connectivity index (χ1v) is 7.34. The first-order chi connectivity index (χ1) is 8.21. The molecule has 3 atom stereocenters. The molecule has 1 N–H and O–H groups in total. The number of fused-ring (bicyclic) bond motifs is 2. The minimum atomic E-state index is -0.541. The normalized spacial score (nSPS) is 35.3. The van der Waals surface area contributed by atoms with Gasteiger partial charge in [-0.1, -0.05) is 12.5 Å². The van der Waals surface area contributed by atoms with Crippen LogP contribution in [-0.4, -0.2) is 11.1 Å². The number of carboxylic acid groups (broad SMARTS) is 1. The van der Waals surface area contributed by atoms with E-state index < -0.39 is 11.4 Å². The van der Waals surface area contributed by atoms with E-state index >= 15 is 0 Å². The minimum Gasteiger partial charge on any atom is -0.481 e. The van der Waals surface area contributed by atoms with Crippen LogP contribution in [0.3, 0.4) is 0 Å². The third-order valence-electron chi connectivity index (χ3n) is 4.80. The summed E-state index contributed by atoms with van der Waals surface area (Å²) in [5, 5.41) is 11.7. The Morgan fingerprint density at radius 2 is 2.41 bits per heavy atom. The second-order valence-electron chi connectivity index (χ2n) is 5.62.